The number of unbranched alkanes of at least 4 members (excludes halogenated alkanes) is 1. The molecule has 74 valence electrons. The number of allylic oxidation sites excluding steroid dienone is 1. The smallest absolute Gasteiger partial charge is 0.0944 e. The van der Waals surface area contributed by atoms with Gasteiger partial charge in [-0.15, -0.1) is 0 Å². The number of hydrogen-bond donors (Lipinski definition) is 0. The molecule has 0 bridgehead atoms. The molecule has 0 aromatic carbocycles. The maximum atomic E-state index is 8.84. The molecule has 0 rings (SSSR count). The molecule has 0 aromatic heterocycles. The van der Waals surface area contributed by atoms with Crippen LogP contribution in [-0.4, -0.2) is 12.7 Å². The number of nitriles is 1. The Bertz CT molecular complexity index is 211. The van der Waals surface area contributed by atoms with Gasteiger partial charge in [-0.2, -0.15) is 5.26 Å². The van der Waals surface area contributed by atoms with E-state index < -0.39 is 0 Å². The Morgan fingerprint density at radius 2 is 2.15 bits per heavy atom. The molecule has 0 N–H and O–H groups in total. The van der Waals surface area contributed by atoms with Crippen LogP contribution in [0.2, 0.25) is 0 Å². The lowest BCUT2D eigenvalue weighted by Gasteiger charge is -2.18. The summed E-state index contributed by atoms with van der Waals surface area (Å²) >= 11 is 0. The highest BCUT2D eigenvalue weighted by atomic mass is 16.5. The fourth-order valence-corrected chi connectivity index (χ4v) is 1.01. The van der Waals surface area contributed by atoms with Crippen molar-refractivity contribution in [2.45, 2.75) is 45.6 Å². The predicted molar refractivity (Wildman–Crippen MR) is 54.3 cm³/mol. The molecule has 0 aliphatic rings. The highest BCUT2D eigenvalue weighted by Crippen LogP contribution is 2.15. The molecular weight excluding hydrogens is 162 g/mol. The number of nitrogens with zero attached hydrogens (tertiary/aromatic N) is 1. The topological polar surface area (TPSA) is 33.0 Å². The highest BCUT2D eigenvalue weighted by Gasteiger charge is 2.13. The number of hydrogen-bond acceptors (Lipinski definition) is 2. The molecule has 0 aliphatic carbocycles. The quantitative estimate of drug-likeness (QED) is 0.611. The minimum Gasteiger partial charge on any atom is -0.375 e. The van der Waals surface area contributed by atoms with Crippen LogP contribution in [0.1, 0.15) is 40.0 Å². The summed E-state index contributed by atoms with van der Waals surface area (Å²) in [7, 11) is 1.66. The van der Waals surface area contributed by atoms with E-state index in [2.05, 4.69) is 13.0 Å². The molecular formula is C11H19NO. The van der Waals surface area contributed by atoms with E-state index in [-0.39, 0.29) is 5.60 Å². The Kier molecular flexibility index (Phi) is 5.41. The highest BCUT2D eigenvalue weighted by molar-refractivity contribution is 5.23. The van der Waals surface area contributed by atoms with Crippen molar-refractivity contribution < 1.29 is 4.74 Å². The largest absolute Gasteiger partial charge is 0.375 e. The molecule has 0 saturated heterocycles. The number of ether oxygens (including phenoxy) is 1. The van der Waals surface area contributed by atoms with Gasteiger partial charge in [0.2, 0.25) is 0 Å². The maximum Gasteiger partial charge on any atom is 0.0944 e. The van der Waals surface area contributed by atoms with Gasteiger partial charge in [0.05, 0.1) is 11.7 Å². The first-order valence-corrected chi connectivity index (χ1v) is 4.72. The van der Waals surface area contributed by atoms with Crippen LogP contribution >= 0.6 is 0 Å². The molecule has 2 nitrogen and oxygen atoms in total. The lowest BCUT2D eigenvalue weighted by Crippen LogP contribution is -2.19. The van der Waals surface area contributed by atoms with Crippen molar-refractivity contribution in [2.24, 2.45) is 0 Å². The lowest BCUT2D eigenvalue weighted by molar-refractivity contribution is 0.0649. The summed E-state index contributed by atoms with van der Waals surface area (Å²) in [6, 6.07) is 2.21. The third kappa shape index (κ3) is 5.43. The first kappa shape index (κ1) is 12.2. The van der Waals surface area contributed by atoms with Gasteiger partial charge in [0.15, 0.2) is 0 Å². The average molecular weight is 181 g/mol. The molecule has 2 heteroatoms. The summed E-state index contributed by atoms with van der Waals surface area (Å²) < 4.78 is 5.22. The van der Waals surface area contributed by atoms with Crippen molar-refractivity contribution in [1.82, 2.24) is 0 Å². The van der Waals surface area contributed by atoms with Crippen LogP contribution < -0.4 is 0 Å². The second-order valence-corrected chi connectivity index (χ2v) is 3.69. The van der Waals surface area contributed by atoms with Crippen LogP contribution in [-0.2, 0) is 4.74 Å². The second kappa shape index (κ2) is 5.77. The van der Waals surface area contributed by atoms with E-state index in [9.17, 15) is 0 Å². The molecule has 13 heavy (non-hydrogen) atoms. The van der Waals surface area contributed by atoms with Crippen LogP contribution in [0.5, 0.6) is 0 Å². The van der Waals surface area contributed by atoms with E-state index in [0.717, 1.165) is 24.8 Å². The SMILES string of the molecule is CCCC/C(C#N)=C/C(C)(C)OC. The van der Waals surface area contributed by atoms with Crippen molar-refractivity contribution in [3.63, 3.8) is 0 Å². The monoisotopic (exact) mass is 181 g/mol. The molecule has 0 unspecified atom stereocenters. The Hall–Kier alpha value is -0.810. The van der Waals surface area contributed by atoms with E-state index in [1.165, 1.54) is 0 Å². The molecule has 0 heterocycles. The zero-order valence-corrected chi connectivity index (χ0v) is 9.05. The summed E-state index contributed by atoms with van der Waals surface area (Å²) in [5, 5.41) is 8.84. The molecule has 0 fully saturated rings. The fraction of sp³-hybridized carbons (Fsp3) is 0.727. The van der Waals surface area contributed by atoms with Crippen LogP contribution in [0.15, 0.2) is 11.6 Å². The molecule has 0 aliphatic heterocycles. The standard InChI is InChI=1S/C11H19NO/c1-5-6-7-10(9-12)8-11(2,3)13-4/h8H,5-7H2,1-4H3/b10-8-. The second-order valence-electron chi connectivity index (χ2n) is 3.69. The van der Waals surface area contributed by atoms with Crippen LogP contribution in [0.4, 0.5) is 0 Å². The Balaban J connectivity index is 4.31. The van der Waals surface area contributed by atoms with Gasteiger partial charge < -0.3 is 4.74 Å². The van der Waals surface area contributed by atoms with Crippen molar-refractivity contribution in [3.8, 4) is 6.07 Å². The first-order chi connectivity index (χ1) is 6.05. The number of rotatable bonds is 5. The summed E-state index contributed by atoms with van der Waals surface area (Å²) in [5.41, 5.74) is 0.507. The maximum absolute atomic E-state index is 8.84. The van der Waals surface area contributed by atoms with E-state index in [1.807, 2.05) is 19.9 Å². The lowest BCUT2D eigenvalue weighted by atomic mass is 10.0. The summed E-state index contributed by atoms with van der Waals surface area (Å²) in [6.45, 7) is 6.03. The Morgan fingerprint density at radius 3 is 2.54 bits per heavy atom. The zero-order valence-electron chi connectivity index (χ0n) is 9.05. The molecule has 0 radical (unpaired) electrons. The third-order valence-electron chi connectivity index (χ3n) is 1.99. The van der Waals surface area contributed by atoms with Crippen LogP contribution in [0.25, 0.3) is 0 Å². The van der Waals surface area contributed by atoms with Gasteiger partial charge in [-0.3, -0.25) is 0 Å². The average Bonchev–Trinajstić information content (AvgIpc) is 2.12. The van der Waals surface area contributed by atoms with Crippen molar-refractivity contribution >= 4 is 0 Å². The van der Waals surface area contributed by atoms with E-state index in [1.54, 1.807) is 7.11 Å². The summed E-state index contributed by atoms with van der Waals surface area (Å²) in [5.74, 6) is 0. The normalized spacial score (nSPS) is 12.7. The van der Waals surface area contributed by atoms with Crippen molar-refractivity contribution in [2.75, 3.05) is 7.11 Å². The number of methoxy groups -OCH3 is 1. The van der Waals surface area contributed by atoms with E-state index in [4.69, 9.17) is 10.00 Å². The third-order valence-corrected chi connectivity index (χ3v) is 1.99. The minimum atomic E-state index is -0.321. The predicted octanol–water partition coefficient (Wildman–Crippen LogP) is 3.05. The summed E-state index contributed by atoms with van der Waals surface area (Å²) in [4.78, 5) is 0. The zero-order chi connectivity index (χ0) is 10.3. The molecule has 0 aromatic rings. The minimum absolute atomic E-state index is 0.321. The molecule has 0 saturated carbocycles. The molecule has 0 amide bonds. The van der Waals surface area contributed by atoms with Gasteiger partial charge in [0, 0.05) is 12.7 Å². The van der Waals surface area contributed by atoms with Gasteiger partial charge in [0.1, 0.15) is 0 Å². The molecule has 0 spiro atoms. The van der Waals surface area contributed by atoms with Crippen LogP contribution in [0.3, 0.4) is 0 Å². The van der Waals surface area contributed by atoms with Crippen molar-refractivity contribution in [3.05, 3.63) is 11.6 Å². The van der Waals surface area contributed by atoms with Crippen LogP contribution in [0, 0.1) is 11.3 Å². The van der Waals surface area contributed by atoms with Gasteiger partial charge >= 0.3 is 0 Å². The summed E-state index contributed by atoms with van der Waals surface area (Å²) in [6.07, 6.45) is 4.95. The first-order valence-electron chi connectivity index (χ1n) is 4.72. The van der Waals surface area contributed by atoms with Gasteiger partial charge in [-0.1, -0.05) is 13.3 Å². The molecule has 0 atom stereocenters. The van der Waals surface area contributed by atoms with E-state index in [0.29, 0.717) is 0 Å². The van der Waals surface area contributed by atoms with Gasteiger partial charge in [0.25, 0.3) is 0 Å². The van der Waals surface area contributed by atoms with Gasteiger partial charge in [-0.05, 0) is 32.8 Å². The fourth-order valence-electron chi connectivity index (χ4n) is 1.01. The Labute approximate surface area is 81.2 Å². The van der Waals surface area contributed by atoms with Crippen molar-refractivity contribution in [1.29, 1.82) is 5.26 Å². The van der Waals surface area contributed by atoms with Gasteiger partial charge in [-0.25, -0.2) is 0 Å². The Morgan fingerprint density at radius 1 is 1.54 bits per heavy atom. The van der Waals surface area contributed by atoms with E-state index >= 15 is 0 Å².